The number of nitrogens with one attached hydrogen (secondary N) is 1. The number of sulfonamides is 1. The molecule has 2 heterocycles. The summed E-state index contributed by atoms with van der Waals surface area (Å²) < 4.78 is 25.3. The smallest absolute Gasteiger partial charge is 0.266 e. The van der Waals surface area contributed by atoms with Gasteiger partial charge in [0.25, 0.3) is 15.9 Å². The lowest BCUT2D eigenvalue weighted by molar-refractivity contribution is -0.128. The Morgan fingerprint density at radius 1 is 1.15 bits per heavy atom. The monoisotopic (exact) mass is 403 g/mol. The molecule has 0 spiro atoms. The van der Waals surface area contributed by atoms with Crippen LogP contribution < -0.4 is 4.83 Å². The average Bonchev–Trinajstić information content (AvgIpc) is 3.23. The van der Waals surface area contributed by atoms with Crippen molar-refractivity contribution < 1.29 is 18.0 Å². The highest BCUT2D eigenvalue weighted by molar-refractivity contribution is 7.89. The number of nitrogens with zero attached hydrogens (tertiary/aromatic N) is 2. The van der Waals surface area contributed by atoms with Crippen LogP contribution in [0.2, 0.25) is 0 Å². The SMILES string of the molecule is O=C(CN(NS(=O)(=O)c1ccccc1)C(=O)C1=CN=CCC1)c1cccs1. The third-order valence-electron chi connectivity index (χ3n) is 3.78. The van der Waals surface area contributed by atoms with Gasteiger partial charge in [0.1, 0.15) is 6.54 Å². The van der Waals surface area contributed by atoms with E-state index in [1.807, 2.05) is 0 Å². The van der Waals surface area contributed by atoms with Gasteiger partial charge in [0.05, 0.1) is 9.77 Å². The Labute approximate surface area is 161 Å². The number of aliphatic imine (C=N–C) groups is 1. The zero-order valence-corrected chi connectivity index (χ0v) is 15.9. The average molecular weight is 403 g/mol. The molecule has 0 aliphatic carbocycles. The van der Waals surface area contributed by atoms with Crippen molar-refractivity contribution in [2.45, 2.75) is 17.7 Å². The molecule has 0 saturated carbocycles. The van der Waals surface area contributed by atoms with Gasteiger partial charge in [0.15, 0.2) is 5.78 Å². The number of Topliss-reactive ketones (excluding diaryl/α,β-unsaturated/α-hetero) is 1. The van der Waals surface area contributed by atoms with Crippen LogP contribution in [0.25, 0.3) is 0 Å². The zero-order valence-electron chi connectivity index (χ0n) is 14.2. The van der Waals surface area contributed by atoms with Crippen LogP contribution in [0.5, 0.6) is 0 Å². The largest absolute Gasteiger partial charge is 0.291 e. The fraction of sp³-hybridized carbons (Fsp3) is 0.167. The lowest BCUT2D eigenvalue weighted by Crippen LogP contribution is -2.49. The lowest BCUT2D eigenvalue weighted by atomic mass is 10.1. The molecular weight excluding hydrogens is 386 g/mol. The van der Waals surface area contributed by atoms with Crippen molar-refractivity contribution in [3.63, 3.8) is 0 Å². The van der Waals surface area contributed by atoms with Gasteiger partial charge >= 0.3 is 0 Å². The lowest BCUT2D eigenvalue weighted by Gasteiger charge is -2.24. The number of hydrazine groups is 1. The summed E-state index contributed by atoms with van der Waals surface area (Å²) in [5.41, 5.74) is 0.340. The third kappa shape index (κ3) is 4.76. The van der Waals surface area contributed by atoms with Gasteiger partial charge in [-0.15, -0.1) is 16.2 Å². The quantitative estimate of drug-likeness (QED) is 0.567. The van der Waals surface area contributed by atoms with Crippen LogP contribution >= 0.6 is 11.3 Å². The number of hydrogen-bond donors (Lipinski definition) is 1. The number of carbonyl (C=O) groups is 2. The van der Waals surface area contributed by atoms with E-state index < -0.39 is 22.5 Å². The highest BCUT2D eigenvalue weighted by Gasteiger charge is 2.27. The molecule has 2 aromatic rings. The molecule has 0 fully saturated rings. The molecule has 27 heavy (non-hydrogen) atoms. The first-order valence-electron chi connectivity index (χ1n) is 8.14. The Balaban J connectivity index is 1.87. The Bertz CT molecular complexity index is 981. The molecule has 0 saturated heterocycles. The highest BCUT2D eigenvalue weighted by Crippen LogP contribution is 2.16. The molecule has 1 aromatic carbocycles. The van der Waals surface area contributed by atoms with Crippen LogP contribution in [0.1, 0.15) is 22.5 Å². The van der Waals surface area contributed by atoms with E-state index in [0.29, 0.717) is 23.3 Å². The Hall–Kier alpha value is -2.62. The van der Waals surface area contributed by atoms with E-state index in [9.17, 15) is 18.0 Å². The normalized spacial score (nSPS) is 13.9. The van der Waals surface area contributed by atoms with Gasteiger partial charge in [-0.2, -0.15) is 0 Å². The molecule has 1 aliphatic heterocycles. The van der Waals surface area contributed by atoms with E-state index in [0.717, 1.165) is 5.01 Å². The predicted molar refractivity (Wildman–Crippen MR) is 103 cm³/mol. The van der Waals surface area contributed by atoms with Crippen molar-refractivity contribution in [3.8, 4) is 0 Å². The number of ketones is 1. The Morgan fingerprint density at radius 2 is 1.93 bits per heavy atom. The fourth-order valence-corrected chi connectivity index (χ4v) is 4.15. The van der Waals surface area contributed by atoms with E-state index in [1.54, 1.807) is 41.9 Å². The van der Waals surface area contributed by atoms with E-state index >= 15 is 0 Å². The van der Waals surface area contributed by atoms with Crippen molar-refractivity contribution >= 4 is 39.3 Å². The highest BCUT2D eigenvalue weighted by atomic mass is 32.2. The molecule has 7 nitrogen and oxygen atoms in total. The molecule has 1 N–H and O–H groups in total. The van der Waals surface area contributed by atoms with Crippen LogP contribution in [0, 0.1) is 0 Å². The molecule has 1 aliphatic rings. The molecular formula is C18H17N3O4S2. The molecule has 9 heteroatoms. The summed E-state index contributed by atoms with van der Waals surface area (Å²) in [6, 6.07) is 11.0. The van der Waals surface area contributed by atoms with E-state index in [4.69, 9.17) is 0 Å². The summed E-state index contributed by atoms with van der Waals surface area (Å²) >= 11 is 1.23. The first kappa shape index (κ1) is 19.2. The van der Waals surface area contributed by atoms with Gasteiger partial charge in [-0.1, -0.05) is 24.3 Å². The van der Waals surface area contributed by atoms with Crippen molar-refractivity contribution in [1.82, 2.24) is 9.84 Å². The summed E-state index contributed by atoms with van der Waals surface area (Å²) in [5.74, 6) is -0.940. The maximum Gasteiger partial charge on any atom is 0.266 e. The van der Waals surface area contributed by atoms with Crippen molar-refractivity contribution in [1.29, 1.82) is 0 Å². The first-order valence-corrected chi connectivity index (χ1v) is 10.5. The molecule has 1 amide bonds. The topological polar surface area (TPSA) is 95.9 Å². The predicted octanol–water partition coefficient (Wildman–Crippen LogP) is 2.40. The Morgan fingerprint density at radius 3 is 2.56 bits per heavy atom. The van der Waals surface area contributed by atoms with Crippen LogP contribution in [0.3, 0.4) is 0 Å². The number of hydrogen-bond acceptors (Lipinski definition) is 6. The second kappa shape index (κ2) is 8.38. The standard InChI is InChI=1S/C18H17N3O4S2/c22-16(17-9-5-11-26-17)13-21(18(23)14-6-4-10-19-12-14)20-27(24,25)15-7-2-1-3-8-15/h1-3,5,7-12,20H,4,6,13H2. The summed E-state index contributed by atoms with van der Waals surface area (Å²) in [4.78, 5) is 31.9. The first-order chi connectivity index (χ1) is 13.0. The minimum atomic E-state index is -4.02. The maximum atomic E-state index is 12.8. The van der Waals surface area contributed by atoms with Crippen molar-refractivity contribution in [2.24, 2.45) is 4.99 Å². The number of rotatable bonds is 7. The van der Waals surface area contributed by atoms with Crippen molar-refractivity contribution in [2.75, 3.05) is 6.54 Å². The van der Waals surface area contributed by atoms with Gasteiger partial charge in [-0.25, -0.2) is 8.42 Å². The van der Waals surface area contributed by atoms with Gasteiger partial charge in [0.2, 0.25) is 0 Å². The van der Waals surface area contributed by atoms with Crippen LogP contribution in [-0.2, 0) is 14.8 Å². The second-order valence-electron chi connectivity index (χ2n) is 5.72. The molecule has 0 atom stereocenters. The molecule has 3 rings (SSSR count). The van der Waals surface area contributed by atoms with Crippen molar-refractivity contribution in [3.05, 3.63) is 64.5 Å². The minimum Gasteiger partial charge on any atom is -0.291 e. The summed E-state index contributed by atoms with van der Waals surface area (Å²) in [6.07, 6.45) is 4.08. The van der Waals surface area contributed by atoms with Gasteiger partial charge in [-0.05, 0) is 36.4 Å². The van der Waals surface area contributed by atoms with E-state index in [-0.39, 0.29) is 10.7 Å². The minimum absolute atomic E-state index is 0.00187. The zero-order chi connectivity index (χ0) is 19.3. The fourth-order valence-electron chi connectivity index (χ4n) is 2.44. The van der Waals surface area contributed by atoms with E-state index in [2.05, 4.69) is 9.82 Å². The molecule has 1 aromatic heterocycles. The van der Waals surface area contributed by atoms with Gasteiger partial charge in [0, 0.05) is 18.0 Å². The third-order valence-corrected chi connectivity index (χ3v) is 6.04. The van der Waals surface area contributed by atoms with Crippen LogP contribution in [-0.4, -0.2) is 37.9 Å². The molecule has 0 radical (unpaired) electrons. The Kier molecular flexibility index (Phi) is 5.94. The molecule has 0 bridgehead atoms. The summed E-state index contributed by atoms with van der Waals surface area (Å²) in [5, 5.41) is 2.59. The number of carbonyl (C=O) groups excluding carboxylic acids is 2. The second-order valence-corrected chi connectivity index (χ2v) is 8.33. The van der Waals surface area contributed by atoms with Gasteiger partial charge < -0.3 is 0 Å². The van der Waals surface area contributed by atoms with E-state index in [1.165, 1.54) is 29.7 Å². The van der Waals surface area contributed by atoms with Gasteiger partial charge in [-0.3, -0.25) is 19.6 Å². The maximum absolute atomic E-state index is 12.8. The van der Waals surface area contributed by atoms with Crippen LogP contribution in [0.4, 0.5) is 0 Å². The number of thiophene rings is 1. The molecule has 140 valence electrons. The summed E-state index contributed by atoms with van der Waals surface area (Å²) in [7, 11) is -4.02. The summed E-state index contributed by atoms with van der Waals surface area (Å²) in [6.45, 7) is -0.410. The molecule has 0 unspecified atom stereocenters. The van der Waals surface area contributed by atoms with Crippen LogP contribution in [0.15, 0.2) is 69.5 Å². The number of benzene rings is 1. The number of amides is 1.